The molecule has 1 aromatic heterocycles. The predicted octanol–water partition coefficient (Wildman–Crippen LogP) is 3.07. The van der Waals surface area contributed by atoms with E-state index in [1.807, 2.05) is 10.3 Å². The quantitative estimate of drug-likeness (QED) is 0.877. The van der Waals surface area contributed by atoms with Crippen LogP contribution in [-0.4, -0.2) is 54.3 Å². The van der Waals surface area contributed by atoms with Gasteiger partial charge in [-0.25, -0.2) is 0 Å². The van der Waals surface area contributed by atoms with Crippen LogP contribution >= 0.6 is 11.3 Å². The molecule has 2 N–H and O–H groups in total. The third-order valence-electron chi connectivity index (χ3n) is 5.86. The number of carbonyl (C=O) groups excluding carboxylic acids is 2. The second-order valence-electron chi connectivity index (χ2n) is 8.56. The van der Waals surface area contributed by atoms with Crippen molar-refractivity contribution in [3.8, 4) is 0 Å². The van der Waals surface area contributed by atoms with Crippen molar-refractivity contribution in [1.82, 2.24) is 9.80 Å². The molecule has 3 heterocycles. The number of primary amides is 1. The Bertz CT molecular complexity index is 647. The summed E-state index contributed by atoms with van der Waals surface area (Å²) in [5.74, 6) is 0.429. The van der Waals surface area contributed by atoms with Crippen molar-refractivity contribution < 1.29 is 9.59 Å². The summed E-state index contributed by atoms with van der Waals surface area (Å²) >= 11 is 1.71. The molecule has 26 heavy (non-hydrogen) atoms. The highest BCUT2D eigenvalue weighted by molar-refractivity contribution is 7.10. The summed E-state index contributed by atoms with van der Waals surface area (Å²) in [7, 11) is 0. The fraction of sp³-hybridized carbons (Fsp3) is 0.700. The van der Waals surface area contributed by atoms with E-state index in [9.17, 15) is 9.59 Å². The molecule has 0 bridgehead atoms. The zero-order valence-electron chi connectivity index (χ0n) is 16.0. The number of nitrogens with two attached hydrogens (primary N) is 1. The number of amides is 2. The van der Waals surface area contributed by atoms with Crippen LogP contribution in [0.3, 0.4) is 0 Å². The highest BCUT2D eigenvalue weighted by Crippen LogP contribution is 2.34. The van der Waals surface area contributed by atoms with Crippen LogP contribution in [0.5, 0.6) is 0 Å². The summed E-state index contributed by atoms with van der Waals surface area (Å²) in [5.41, 5.74) is 6.48. The number of likely N-dealkylation sites (tertiary alicyclic amines) is 2. The lowest BCUT2D eigenvalue weighted by Gasteiger charge is -2.30. The Labute approximate surface area is 160 Å². The van der Waals surface area contributed by atoms with E-state index in [1.54, 1.807) is 11.3 Å². The van der Waals surface area contributed by atoms with E-state index in [1.165, 1.54) is 11.3 Å². The van der Waals surface area contributed by atoms with Gasteiger partial charge in [-0.1, -0.05) is 13.8 Å². The van der Waals surface area contributed by atoms with Crippen LogP contribution in [0.1, 0.15) is 67.1 Å². The van der Waals surface area contributed by atoms with Crippen molar-refractivity contribution in [3.05, 3.63) is 21.9 Å². The first-order chi connectivity index (χ1) is 12.3. The molecule has 2 aliphatic rings. The lowest BCUT2D eigenvalue weighted by Crippen LogP contribution is -2.39. The molecule has 2 aliphatic heterocycles. The summed E-state index contributed by atoms with van der Waals surface area (Å²) in [5, 5.41) is 2.03. The fourth-order valence-corrected chi connectivity index (χ4v) is 5.14. The summed E-state index contributed by atoms with van der Waals surface area (Å²) < 4.78 is 0. The number of carbonyl (C=O) groups is 2. The molecule has 144 valence electrons. The molecule has 2 saturated heterocycles. The molecular formula is C20H31N3O2S. The van der Waals surface area contributed by atoms with E-state index in [0.717, 1.165) is 57.4 Å². The summed E-state index contributed by atoms with van der Waals surface area (Å²) in [6.45, 7) is 8.49. The Morgan fingerprint density at radius 2 is 1.92 bits per heavy atom. The number of hydrogen-bond acceptors (Lipinski definition) is 4. The topological polar surface area (TPSA) is 66.6 Å². The van der Waals surface area contributed by atoms with Gasteiger partial charge in [0.05, 0.1) is 12.1 Å². The number of piperidine rings is 1. The molecule has 2 fully saturated rings. The standard InChI is InChI=1S/C20H31N3O2S/c1-20(2)6-3-8-23(11-7-20)19(25)16-12-17(26-14-16)15-4-9-22(10-5-15)13-18(21)24/h12,14-15H,3-11,13H2,1-2H3,(H2,21,24). The maximum absolute atomic E-state index is 12.9. The maximum atomic E-state index is 12.9. The van der Waals surface area contributed by atoms with E-state index < -0.39 is 0 Å². The van der Waals surface area contributed by atoms with Gasteiger partial charge in [0.1, 0.15) is 0 Å². The maximum Gasteiger partial charge on any atom is 0.254 e. The lowest BCUT2D eigenvalue weighted by molar-refractivity contribution is -0.119. The fourth-order valence-electron chi connectivity index (χ4n) is 4.08. The number of hydrogen-bond donors (Lipinski definition) is 1. The van der Waals surface area contributed by atoms with Gasteiger partial charge >= 0.3 is 0 Å². The highest BCUT2D eigenvalue weighted by Gasteiger charge is 2.27. The van der Waals surface area contributed by atoms with Gasteiger partial charge in [-0.2, -0.15) is 0 Å². The van der Waals surface area contributed by atoms with Crippen molar-refractivity contribution in [2.24, 2.45) is 11.1 Å². The van der Waals surface area contributed by atoms with E-state index in [4.69, 9.17) is 5.73 Å². The van der Waals surface area contributed by atoms with Gasteiger partial charge in [0.15, 0.2) is 0 Å². The molecule has 0 aromatic carbocycles. The van der Waals surface area contributed by atoms with Crippen LogP contribution in [0.25, 0.3) is 0 Å². The van der Waals surface area contributed by atoms with Crippen molar-refractivity contribution in [2.75, 3.05) is 32.7 Å². The number of nitrogens with zero attached hydrogens (tertiary/aromatic N) is 2. The Morgan fingerprint density at radius 1 is 1.19 bits per heavy atom. The normalized spacial score (nSPS) is 22.2. The van der Waals surface area contributed by atoms with Crippen molar-refractivity contribution in [1.29, 1.82) is 0 Å². The first-order valence-corrected chi connectivity index (χ1v) is 10.6. The summed E-state index contributed by atoms with van der Waals surface area (Å²) in [4.78, 5) is 29.4. The summed E-state index contributed by atoms with van der Waals surface area (Å²) in [6.07, 6.45) is 5.41. The zero-order chi connectivity index (χ0) is 18.7. The second kappa shape index (κ2) is 8.09. The van der Waals surface area contributed by atoms with Crippen molar-refractivity contribution >= 4 is 23.2 Å². The number of rotatable bonds is 4. The molecule has 0 saturated carbocycles. The number of thiophene rings is 1. The third-order valence-corrected chi connectivity index (χ3v) is 6.96. The van der Waals surface area contributed by atoms with Gasteiger partial charge in [0.2, 0.25) is 5.91 Å². The van der Waals surface area contributed by atoms with Crippen LogP contribution in [0.15, 0.2) is 11.4 Å². The van der Waals surface area contributed by atoms with E-state index in [0.29, 0.717) is 17.9 Å². The van der Waals surface area contributed by atoms with Crippen LogP contribution in [0, 0.1) is 5.41 Å². The predicted molar refractivity (Wildman–Crippen MR) is 105 cm³/mol. The van der Waals surface area contributed by atoms with Gasteiger partial charge in [-0.05, 0) is 62.6 Å². The van der Waals surface area contributed by atoms with Gasteiger partial charge in [0.25, 0.3) is 5.91 Å². The zero-order valence-corrected chi connectivity index (χ0v) is 16.8. The SMILES string of the molecule is CC1(C)CCCN(C(=O)c2csc(C3CCN(CC(N)=O)CC3)c2)CC1. The van der Waals surface area contributed by atoms with Gasteiger partial charge in [-0.3, -0.25) is 14.5 Å². The van der Waals surface area contributed by atoms with Gasteiger partial charge in [-0.15, -0.1) is 11.3 Å². The molecule has 0 spiro atoms. The Hall–Kier alpha value is -1.40. The minimum Gasteiger partial charge on any atom is -0.369 e. The largest absolute Gasteiger partial charge is 0.369 e. The average Bonchev–Trinajstić information content (AvgIpc) is 3.00. The van der Waals surface area contributed by atoms with Crippen LogP contribution < -0.4 is 5.73 Å². The first-order valence-electron chi connectivity index (χ1n) is 9.72. The molecule has 3 rings (SSSR count). The lowest BCUT2D eigenvalue weighted by atomic mass is 9.85. The second-order valence-corrected chi connectivity index (χ2v) is 9.51. The Morgan fingerprint density at radius 3 is 2.62 bits per heavy atom. The van der Waals surface area contributed by atoms with Crippen molar-refractivity contribution in [2.45, 2.75) is 51.9 Å². The van der Waals surface area contributed by atoms with Gasteiger partial charge < -0.3 is 10.6 Å². The van der Waals surface area contributed by atoms with Crippen LogP contribution in [-0.2, 0) is 4.79 Å². The Kier molecular flexibility index (Phi) is 6.03. The molecule has 6 heteroatoms. The third kappa shape index (κ3) is 4.86. The molecule has 0 aliphatic carbocycles. The van der Waals surface area contributed by atoms with E-state index in [2.05, 4.69) is 24.8 Å². The monoisotopic (exact) mass is 377 g/mol. The molecule has 0 unspecified atom stereocenters. The molecule has 0 radical (unpaired) electrons. The molecular weight excluding hydrogens is 346 g/mol. The van der Waals surface area contributed by atoms with Crippen LogP contribution in [0.4, 0.5) is 0 Å². The van der Waals surface area contributed by atoms with E-state index in [-0.39, 0.29) is 11.8 Å². The van der Waals surface area contributed by atoms with E-state index >= 15 is 0 Å². The van der Waals surface area contributed by atoms with Crippen LogP contribution in [0.2, 0.25) is 0 Å². The smallest absolute Gasteiger partial charge is 0.254 e. The minimum absolute atomic E-state index is 0.191. The minimum atomic E-state index is -0.256. The molecule has 0 atom stereocenters. The highest BCUT2D eigenvalue weighted by atomic mass is 32.1. The first kappa shape index (κ1) is 19.4. The molecule has 1 aromatic rings. The molecule has 5 nitrogen and oxygen atoms in total. The van der Waals surface area contributed by atoms with Gasteiger partial charge in [0, 0.05) is 23.3 Å². The molecule has 2 amide bonds. The average molecular weight is 378 g/mol. The van der Waals surface area contributed by atoms with Crippen molar-refractivity contribution in [3.63, 3.8) is 0 Å². The Balaban J connectivity index is 1.58. The summed E-state index contributed by atoms with van der Waals surface area (Å²) in [6, 6.07) is 2.11.